The Kier molecular flexibility index (Phi) is 5.37. The number of hydrogen-bond donors (Lipinski definition) is 2. The van der Waals surface area contributed by atoms with Gasteiger partial charge in [0.2, 0.25) is 0 Å². The first kappa shape index (κ1) is 17.7. The van der Waals surface area contributed by atoms with E-state index in [9.17, 15) is 10.3 Å². The number of benzene rings is 3. The molecular formula is C23H23NO2. The molecule has 0 bridgehead atoms. The maximum absolute atomic E-state index is 9.68. The van der Waals surface area contributed by atoms with Gasteiger partial charge in [-0.05, 0) is 64.9 Å². The van der Waals surface area contributed by atoms with Crippen LogP contribution in [0.15, 0.2) is 65.8 Å². The van der Waals surface area contributed by atoms with E-state index in [0.717, 1.165) is 40.7 Å². The van der Waals surface area contributed by atoms with Crippen molar-refractivity contribution in [3.63, 3.8) is 0 Å². The smallest absolute Gasteiger partial charge is 0.115 e. The first-order valence-electron chi connectivity index (χ1n) is 8.84. The largest absolute Gasteiger partial charge is 0.508 e. The lowest BCUT2D eigenvalue weighted by molar-refractivity contribution is 0.322. The Hall–Kier alpha value is -3.07. The molecule has 0 unspecified atom stereocenters. The number of aromatic hydroxyl groups is 1. The summed E-state index contributed by atoms with van der Waals surface area (Å²) in [5.74, 6) is 0.245. The fourth-order valence-corrected chi connectivity index (χ4v) is 3.46. The highest BCUT2D eigenvalue weighted by molar-refractivity contribution is 5.99. The summed E-state index contributed by atoms with van der Waals surface area (Å²) < 4.78 is 0. The first-order valence-corrected chi connectivity index (χ1v) is 8.84. The van der Waals surface area contributed by atoms with Crippen molar-refractivity contribution in [3.8, 4) is 28.0 Å². The Morgan fingerprint density at radius 3 is 2.19 bits per heavy atom. The van der Waals surface area contributed by atoms with E-state index < -0.39 is 0 Å². The zero-order valence-corrected chi connectivity index (χ0v) is 15.1. The molecule has 3 rings (SSSR count). The zero-order valence-electron chi connectivity index (χ0n) is 15.1. The minimum Gasteiger partial charge on any atom is -0.508 e. The van der Waals surface area contributed by atoms with E-state index in [4.69, 9.17) is 0 Å². The number of oxime groups is 1. The fraction of sp³-hybridized carbons (Fsp3) is 0.174. The minimum atomic E-state index is 0.245. The molecule has 0 aliphatic carbocycles. The second-order valence-electron chi connectivity index (χ2n) is 6.41. The first-order chi connectivity index (χ1) is 12.7. The number of nitrogens with zero attached hydrogens (tertiary/aromatic N) is 1. The Bertz CT molecular complexity index is 913. The molecule has 0 saturated heterocycles. The van der Waals surface area contributed by atoms with Crippen molar-refractivity contribution in [3.05, 3.63) is 77.4 Å². The molecular weight excluding hydrogens is 322 g/mol. The molecule has 0 aliphatic rings. The predicted octanol–water partition coefficient (Wildman–Crippen LogP) is 5.80. The van der Waals surface area contributed by atoms with Crippen LogP contribution in [0.4, 0.5) is 0 Å². The van der Waals surface area contributed by atoms with Gasteiger partial charge in [0.15, 0.2) is 0 Å². The van der Waals surface area contributed by atoms with Gasteiger partial charge in [-0.1, -0.05) is 61.0 Å². The van der Waals surface area contributed by atoms with Crippen molar-refractivity contribution in [1.29, 1.82) is 0 Å². The van der Waals surface area contributed by atoms with Gasteiger partial charge in [-0.15, -0.1) is 0 Å². The highest BCUT2D eigenvalue weighted by Crippen LogP contribution is 2.39. The van der Waals surface area contributed by atoms with Crippen molar-refractivity contribution in [1.82, 2.24) is 0 Å². The lowest BCUT2D eigenvalue weighted by atomic mass is 9.84. The molecule has 0 spiro atoms. The molecule has 0 amide bonds. The van der Waals surface area contributed by atoms with Crippen molar-refractivity contribution >= 4 is 6.21 Å². The van der Waals surface area contributed by atoms with Crippen LogP contribution in [0.5, 0.6) is 5.75 Å². The molecule has 0 saturated carbocycles. The maximum atomic E-state index is 9.68. The lowest BCUT2D eigenvalue weighted by Crippen LogP contribution is -2.01. The number of phenols is 1. The standard InChI is InChI=1S/C23H23NO2/c1-3-7-19-14-20(15-24-26)23(17-8-5-4-6-9-17)22(16(19)2)18-10-12-21(25)13-11-18/h4-6,8-15,25-26H,3,7H2,1-2H3. The van der Waals surface area contributed by atoms with Gasteiger partial charge < -0.3 is 10.3 Å². The van der Waals surface area contributed by atoms with E-state index >= 15 is 0 Å². The van der Waals surface area contributed by atoms with Gasteiger partial charge in [-0.25, -0.2) is 0 Å². The normalized spacial score (nSPS) is 11.2. The van der Waals surface area contributed by atoms with E-state index in [0.29, 0.717) is 0 Å². The minimum absolute atomic E-state index is 0.245. The molecule has 0 atom stereocenters. The number of hydrogen-bond acceptors (Lipinski definition) is 3. The fourth-order valence-electron chi connectivity index (χ4n) is 3.46. The summed E-state index contributed by atoms with van der Waals surface area (Å²) in [6.07, 6.45) is 3.50. The molecule has 3 heteroatoms. The van der Waals surface area contributed by atoms with E-state index in [1.165, 1.54) is 17.3 Å². The highest BCUT2D eigenvalue weighted by atomic mass is 16.4. The highest BCUT2D eigenvalue weighted by Gasteiger charge is 2.17. The lowest BCUT2D eigenvalue weighted by Gasteiger charge is -2.20. The second-order valence-corrected chi connectivity index (χ2v) is 6.41. The van der Waals surface area contributed by atoms with Crippen molar-refractivity contribution < 1.29 is 10.3 Å². The van der Waals surface area contributed by atoms with Crippen molar-refractivity contribution in [2.75, 3.05) is 0 Å². The summed E-state index contributed by atoms with van der Waals surface area (Å²) in [4.78, 5) is 0. The second kappa shape index (κ2) is 7.87. The van der Waals surface area contributed by atoms with Crippen LogP contribution >= 0.6 is 0 Å². The van der Waals surface area contributed by atoms with E-state index in [-0.39, 0.29) is 5.75 Å². The summed E-state index contributed by atoms with van der Waals surface area (Å²) in [5.41, 5.74) is 7.58. The van der Waals surface area contributed by atoms with Gasteiger partial charge in [-0.3, -0.25) is 0 Å². The molecule has 0 aliphatic heterocycles. The molecule has 132 valence electrons. The van der Waals surface area contributed by atoms with Crippen LogP contribution in [0.2, 0.25) is 0 Å². The van der Waals surface area contributed by atoms with Gasteiger partial charge in [0.1, 0.15) is 5.75 Å². The molecule has 0 heterocycles. The number of phenolic OH excluding ortho intramolecular Hbond substituents is 1. The average molecular weight is 345 g/mol. The van der Waals surface area contributed by atoms with Crippen LogP contribution in [-0.4, -0.2) is 16.5 Å². The topological polar surface area (TPSA) is 52.8 Å². The molecule has 3 nitrogen and oxygen atoms in total. The third kappa shape index (κ3) is 3.47. The Morgan fingerprint density at radius 1 is 0.923 bits per heavy atom. The molecule has 0 aromatic heterocycles. The average Bonchev–Trinajstić information content (AvgIpc) is 2.66. The molecule has 26 heavy (non-hydrogen) atoms. The molecule has 3 aromatic rings. The van der Waals surface area contributed by atoms with Gasteiger partial charge >= 0.3 is 0 Å². The predicted molar refractivity (Wildman–Crippen MR) is 107 cm³/mol. The quantitative estimate of drug-likeness (QED) is 0.349. The van der Waals surface area contributed by atoms with Crippen LogP contribution in [0.3, 0.4) is 0 Å². The summed E-state index contributed by atoms with van der Waals surface area (Å²) in [6, 6.07) is 19.5. The summed E-state index contributed by atoms with van der Waals surface area (Å²) in [6.45, 7) is 4.30. The summed E-state index contributed by atoms with van der Waals surface area (Å²) in [7, 11) is 0. The monoisotopic (exact) mass is 345 g/mol. The number of rotatable bonds is 5. The molecule has 2 N–H and O–H groups in total. The molecule has 3 aromatic carbocycles. The summed E-state index contributed by atoms with van der Waals surface area (Å²) in [5, 5.41) is 22.2. The van der Waals surface area contributed by atoms with Crippen LogP contribution in [0.1, 0.15) is 30.0 Å². The van der Waals surface area contributed by atoms with Gasteiger partial charge in [0.05, 0.1) is 6.21 Å². The Morgan fingerprint density at radius 2 is 1.58 bits per heavy atom. The van der Waals surface area contributed by atoms with E-state index in [1.54, 1.807) is 12.1 Å². The van der Waals surface area contributed by atoms with Crippen molar-refractivity contribution in [2.24, 2.45) is 5.16 Å². The van der Waals surface area contributed by atoms with Gasteiger partial charge in [0, 0.05) is 5.56 Å². The third-order valence-electron chi connectivity index (χ3n) is 4.66. The van der Waals surface area contributed by atoms with Crippen LogP contribution in [0.25, 0.3) is 22.3 Å². The van der Waals surface area contributed by atoms with Gasteiger partial charge in [0.25, 0.3) is 0 Å². The Balaban J connectivity index is 2.38. The summed E-state index contributed by atoms with van der Waals surface area (Å²) >= 11 is 0. The SMILES string of the molecule is CCCc1cc(C=NO)c(-c2ccccc2)c(-c2ccc(O)cc2)c1C. The number of aryl methyl sites for hydroxylation is 1. The van der Waals surface area contributed by atoms with Crippen LogP contribution in [0, 0.1) is 6.92 Å². The van der Waals surface area contributed by atoms with E-state index in [1.807, 2.05) is 30.3 Å². The van der Waals surface area contributed by atoms with Gasteiger partial charge in [-0.2, -0.15) is 0 Å². The maximum Gasteiger partial charge on any atom is 0.115 e. The molecule has 0 radical (unpaired) electrons. The van der Waals surface area contributed by atoms with Crippen LogP contribution < -0.4 is 0 Å². The molecule has 0 fully saturated rings. The third-order valence-corrected chi connectivity index (χ3v) is 4.66. The van der Waals surface area contributed by atoms with Crippen LogP contribution in [-0.2, 0) is 6.42 Å². The Labute approximate surface area is 154 Å². The zero-order chi connectivity index (χ0) is 18.5. The van der Waals surface area contributed by atoms with Crippen molar-refractivity contribution in [2.45, 2.75) is 26.7 Å². The van der Waals surface area contributed by atoms with E-state index in [2.05, 4.69) is 37.2 Å².